The van der Waals surface area contributed by atoms with Gasteiger partial charge in [0.25, 0.3) is 0 Å². The maximum Gasteiger partial charge on any atom is 0.244 e. The molecule has 0 atom stereocenters. The van der Waals surface area contributed by atoms with Crippen LogP contribution in [0.25, 0.3) is 0 Å². The first-order valence-corrected chi connectivity index (χ1v) is 9.87. The van der Waals surface area contributed by atoms with E-state index in [9.17, 15) is 8.42 Å². The van der Waals surface area contributed by atoms with Crippen LogP contribution in [0.15, 0.2) is 21.5 Å². The minimum atomic E-state index is -3.41. The van der Waals surface area contributed by atoms with Crippen LogP contribution in [-0.2, 0) is 16.6 Å². The van der Waals surface area contributed by atoms with Crippen LogP contribution in [0.2, 0.25) is 0 Å². The van der Waals surface area contributed by atoms with Crippen LogP contribution in [0, 0.1) is 6.92 Å². The lowest BCUT2D eigenvalue weighted by Crippen LogP contribution is -2.38. The molecule has 1 aliphatic heterocycles. The van der Waals surface area contributed by atoms with E-state index in [4.69, 9.17) is 0 Å². The van der Waals surface area contributed by atoms with E-state index in [2.05, 4.69) is 21.2 Å². The lowest BCUT2D eigenvalue weighted by atomic mass is 10.1. The van der Waals surface area contributed by atoms with Crippen LogP contribution in [0.3, 0.4) is 0 Å². The first kappa shape index (κ1) is 16.3. The summed E-state index contributed by atoms with van der Waals surface area (Å²) < 4.78 is 27.8. The molecule has 1 aliphatic rings. The van der Waals surface area contributed by atoms with Crippen LogP contribution >= 0.6 is 27.7 Å². The zero-order valence-corrected chi connectivity index (χ0v) is 14.9. The van der Waals surface area contributed by atoms with Crippen molar-refractivity contribution in [3.8, 4) is 0 Å². The smallest absolute Gasteiger partial charge is 0.244 e. The van der Waals surface area contributed by atoms with Gasteiger partial charge in [-0.15, -0.1) is 0 Å². The molecule has 0 unspecified atom stereocenters. The number of benzene rings is 1. The molecule has 112 valence electrons. The summed E-state index contributed by atoms with van der Waals surface area (Å²) in [5.41, 5.74) is 1.93. The second kappa shape index (κ2) is 6.79. The lowest BCUT2D eigenvalue weighted by Gasteiger charge is -2.26. The molecule has 0 radical (unpaired) electrons. The van der Waals surface area contributed by atoms with Crippen LogP contribution in [-0.4, -0.2) is 44.4 Å². The molecule has 0 spiro atoms. The summed E-state index contributed by atoms with van der Waals surface area (Å²) in [6, 6.07) is 3.77. The molecule has 0 aliphatic carbocycles. The van der Waals surface area contributed by atoms with Crippen molar-refractivity contribution < 1.29 is 8.42 Å². The topological polar surface area (TPSA) is 49.4 Å². The Balaban J connectivity index is 2.44. The Kier molecular flexibility index (Phi) is 5.53. The number of sulfonamides is 1. The first-order valence-electron chi connectivity index (χ1n) is 6.48. The highest BCUT2D eigenvalue weighted by Crippen LogP contribution is 2.30. The SMILES string of the molecule is CNCc1cc(C)c(Br)c(S(=O)(=O)N2CCSCC2)c1. The normalized spacial score (nSPS) is 17.4. The second-order valence-electron chi connectivity index (χ2n) is 4.77. The van der Waals surface area contributed by atoms with Crippen molar-refractivity contribution in [3.63, 3.8) is 0 Å². The predicted octanol–water partition coefficient (Wildman–Crippen LogP) is 2.21. The van der Waals surface area contributed by atoms with Crippen LogP contribution in [0.4, 0.5) is 0 Å². The molecule has 1 N–H and O–H groups in total. The van der Waals surface area contributed by atoms with E-state index in [1.54, 1.807) is 22.1 Å². The highest BCUT2D eigenvalue weighted by atomic mass is 79.9. The van der Waals surface area contributed by atoms with Gasteiger partial charge >= 0.3 is 0 Å². The Morgan fingerprint density at radius 1 is 1.35 bits per heavy atom. The summed E-state index contributed by atoms with van der Waals surface area (Å²) in [5.74, 6) is 1.73. The van der Waals surface area contributed by atoms with E-state index in [-0.39, 0.29) is 0 Å². The average molecular weight is 379 g/mol. The molecule has 20 heavy (non-hydrogen) atoms. The van der Waals surface area contributed by atoms with Crippen molar-refractivity contribution in [1.29, 1.82) is 0 Å². The second-order valence-corrected chi connectivity index (χ2v) is 8.70. The van der Waals surface area contributed by atoms with E-state index < -0.39 is 10.0 Å². The van der Waals surface area contributed by atoms with Crippen molar-refractivity contribution >= 4 is 37.7 Å². The van der Waals surface area contributed by atoms with Gasteiger partial charge in [0.05, 0.1) is 4.90 Å². The molecule has 1 heterocycles. The van der Waals surface area contributed by atoms with Gasteiger partial charge < -0.3 is 5.32 Å². The van der Waals surface area contributed by atoms with Crippen LogP contribution in [0.5, 0.6) is 0 Å². The minimum Gasteiger partial charge on any atom is -0.316 e. The summed E-state index contributed by atoms with van der Waals surface area (Å²) in [6.07, 6.45) is 0. The Labute approximate surface area is 133 Å². The van der Waals surface area contributed by atoms with E-state index in [1.807, 2.05) is 20.0 Å². The maximum absolute atomic E-state index is 12.8. The zero-order chi connectivity index (χ0) is 14.8. The van der Waals surface area contributed by atoms with Gasteiger partial charge in [-0.1, -0.05) is 6.07 Å². The van der Waals surface area contributed by atoms with E-state index in [0.717, 1.165) is 22.6 Å². The number of nitrogens with zero attached hydrogens (tertiary/aromatic N) is 1. The summed E-state index contributed by atoms with van der Waals surface area (Å²) in [6.45, 7) is 3.77. The Hall–Kier alpha value is -0.0800. The molecule has 1 aromatic rings. The fourth-order valence-corrected chi connectivity index (χ4v) is 5.84. The van der Waals surface area contributed by atoms with Crippen molar-refractivity contribution in [1.82, 2.24) is 9.62 Å². The standard InChI is InChI=1S/C13H19BrN2O2S2/c1-10-7-11(9-15-2)8-12(13(10)14)20(17,18)16-3-5-19-6-4-16/h7-8,15H,3-6,9H2,1-2H3. The van der Waals surface area contributed by atoms with Gasteiger partial charge in [0.15, 0.2) is 0 Å². The average Bonchev–Trinajstić information content (AvgIpc) is 2.43. The number of thioether (sulfide) groups is 1. The highest BCUT2D eigenvalue weighted by molar-refractivity contribution is 9.10. The number of aryl methyl sites for hydroxylation is 1. The van der Waals surface area contributed by atoms with Crippen molar-refractivity contribution in [2.45, 2.75) is 18.4 Å². The molecule has 2 rings (SSSR count). The molecule has 0 amide bonds. The molecular formula is C13H19BrN2O2S2. The number of hydrogen-bond acceptors (Lipinski definition) is 4. The summed E-state index contributed by atoms with van der Waals surface area (Å²) in [4.78, 5) is 0.384. The molecule has 0 bridgehead atoms. The lowest BCUT2D eigenvalue weighted by molar-refractivity contribution is 0.443. The highest BCUT2D eigenvalue weighted by Gasteiger charge is 2.28. The summed E-state index contributed by atoms with van der Waals surface area (Å²) >= 11 is 5.24. The quantitative estimate of drug-likeness (QED) is 0.872. The summed E-state index contributed by atoms with van der Waals surface area (Å²) in [7, 11) is -1.56. The fraction of sp³-hybridized carbons (Fsp3) is 0.538. The van der Waals surface area contributed by atoms with Gasteiger partial charge in [0.1, 0.15) is 0 Å². The van der Waals surface area contributed by atoms with Gasteiger partial charge in [-0.2, -0.15) is 16.1 Å². The molecule has 0 aromatic heterocycles. The number of nitrogens with one attached hydrogen (secondary N) is 1. The molecule has 7 heteroatoms. The summed E-state index contributed by atoms with van der Waals surface area (Å²) in [5, 5.41) is 3.06. The molecule has 1 saturated heterocycles. The molecule has 1 aromatic carbocycles. The third-order valence-corrected chi connectivity index (χ3v) is 7.43. The van der Waals surface area contributed by atoms with E-state index in [0.29, 0.717) is 29.0 Å². The van der Waals surface area contributed by atoms with Gasteiger partial charge in [0.2, 0.25) is 10.0 Å². The van der Waals surface area contributed by atoms with Crippen molar-refractivity contribution in [2.24, 2.45) is 0 Å². The monoisotopic (exact) mass is 378 g/mol. The van der Waals surface area contributed by atoms with E-state index >= 15 is 0 Å². The number of rotatable bonds is 4. The predicted molar refractivity (Wildman–Crippen MR) is 87.7 cm³/mol. The largest absolute Gasteiger partial charge is 0.316 e. The van der Waals surface area contributed by atoms with Crippen LogP contribution in [0.1, 0.15) is 11.1 Å². The van der Waals surface area contributed by atoms with Gasteiger partial charge in [-0.05, 0) is 47.1 Å². The van der Waals surface area contributed by atoms with Gasteiger partial charge in [-0.25, -0.2) is 8.42 Å². The molecule has 4 nitrogen and oxygen atoms in total. The number of hydrogen-bond donors (Lipinski definition) is 1. The molecule has 0 saturated carbocycles. The van der Waals surface area contributed by atoms with Gasteiger partial charge in [0, 0.05) is 35.6 Å². The fourth-order valence-electron chi connectivity index (χ4n) is 2.23. The Bertz CT molecular complexity index is 584. The zero-order valence-electron chi connectivity index (χ0n) is 11.6. The Morgan fingerprint density at radius 2 is 2.00 bits per heavy atom. The Morgan fingerprint density at radius 3 is 2.60 bits per heavy atom. The molecular weight excluding hydrogens is 360 g/mol. The first-order chi connectivity index (χ1) is 9.46. The van der Waals surface area contributed by atoms with Crippen LogP contribution < -0.4 is 5.32 Å². The maximum atomic E-state index is 12.8. The third kappa shape index (κ3) is 3.39. The molecule has 1 fully saturated rings. The number of halogens is 1. The van der Waals surface area contributed by atoms with Crippen molar-refractivity contribution in [3.05, 3.63) is 27.7 Å². The third-order valence-electron chi connectivity index (χ3n) is 3.25. The van der Waals surface area contributed by atoms with E-state index in [1.165, 1.54) is 0 Å². The van der Waals surface area contributed by atoms with Crippen molar-refractivity contribution in [2.75, 3.05) is 31.6 Å². The minimum absolute atomic E-state index is 0.384. The van der Waals surface area contributed by atoms with Gasteiger partial charge in [-0.3, -0.25) is 0 Å².